The molecule has 6 nitrogen and oxygen atoms in total. The second-order valence-electron chi connectivity index (χ2n) is 1.98. The molecule has 0 unspecified atom stereocenters. The lowest BCUT2D eigenvalue weighted by atomic mass is 10.8. The van der Waals surface area contributed by atoms with Crippen molar-refractivity contribution in [1.82, 2.24) is 0 Å². The SMILES string of the molecule is COCCOOCOOCCOC. The van der Waals surface area contributed by atoms with Crippen LogP contribution in [-0.4, -0.2) is 47.4 Å². The molecule has 0 aromatic rings. The van der Waals surface area contributed by atoms with Gasteiger partial charge in [-0.3, -0.25) is 0 Å². The van der Waals surface area contributed by atoms with E-state index in [-0.39, 0.29) is 6.79 Å². The van der Waals surface area contributed by atoms with E-state index in [2.05, 4.69) is 19.6 Å². The Hall–Kier alpha value is -0.240. The van der Waals surface area contributed by atoms with E-state index in [4.69, 9.17) is 9.47 Å². The molecule has 0 spiro atoms. The average molecular weight is 196 g/mol. The summed E-state index contributed by atoms with van der Waals surface area (Å²) in [5, 5.41) is 0. The van der Waals surface area contributed by atoms with Crippen LogP contribution in [0.15, 0.2) is 0 Å². The van der Waals surface area contributed by atoms with Crippen LogP contribution in [0, 0.1) is 0 Å². The molecule has 0 heterocycles. The molecular weight excluding hydrogens is 180 g/mol. The quantitative estimate of drug-likeness (QED) is 0.214. The molecule has 0 aromatic heterocycles. The van der Waals surface area contributed by atoms with Crippen LogP contribution in [0.4, 0.5) is 0 Å². The predicted octanol–water partition coefficient (Wildman–Crippen LogP) is 0.133. The number of hydrogen-bond acceptors (Lipinski definition) is 6. The van der Waals surface area contributed by atoms with Crippen LogP contribution in [-0.2, 0) is 29.0 Å². The largest absolute Gasteiger partial charge is 0.382 e. The molecule has 0 amide bonds. The van der Waals surface area contributed by atoms with E-state index in [1.807, 2.05) is 0 Å². The molecule has 0 N–H and O–H groups in total. The molecule has 0 radical (unpaired) electrons. The third-order valence-corrected chi connectivity index (χ3v) is 1.00. The van der Waals surface area contributed by atoms with Gasteiger partial charge in [-0.25, -0.2) is 19.6 Å². The third-order valence-electron chi connectivity index (χ3n) is 1.00. The normalized spacial score (nSPS) is 10.6. The first-order valence-corrected chi connectivity index (χ1v) is 3.88. The molecule has 0 saturated heterocycles. The fraction of sp³-hybridized carbons (Fsp3) is 1.00. The lowest BCUT2D eigenvalue weighted by molar-refractivity contribution is -0.420. The van der Waals surface area contributed by atoms with E-state index in [0.717, 1.165) is 0 Å². The van der Waals surface area contributed by atoms with Gasteiger partial charge in [0.25, 0.3) is 0 Å². The van der Waals surface area contributed by atoms with Crippen molar-refractivity contribution >= 4 is 0 Å². The van der Waals surface area contributed by atoms with Gasteiger partial charge in [-0.15, -0.1) is 0 Å². The monoisotopic (exact) mass is 196 g/mol. The fourth-order valence-corrected chi connectivity index (χ4v) is 0.440. The van der Waals surface area contributed by atoms with Gasteiger partial charge in [0, 0.05) is 14.2 Å². The Morgan fingerprint density at radius 1 is 0.615 bits per heavy atom. The van der Waals surface area contributed by atoms with Crippen LogP contribution >= 0.6 is 0 Å². The van der Waals surface area contributed by atoms with Gasteiger partial charge in [-0.05, 0) is 0 Å². The molecule has 0 rings (SSSR count). The van der Waals surface area contributed by atoms with Crippen molar-refractivity contribution < 1.29 is 29.0 Å². The van der Waals surface area contributed by atoms with Crippen LogP contribution in [0.3, 0.4) is 0 Å². The number of rotatable bonds is 10. The second kappa shape index (κ2) is 11.8. The maximum atomic E-state index is 4.71. The molecule has 0 atom stereocenters. The van der Waals surface area contributed by atoms with Crippen molar-refractivity contribution in [2.45, 2.75) is 0 Å². The highest BCUT2D eigenvalue weighted by atomic mass is 17.3. The van der Waals surface area contributed by atoms with Gasteiger partial charge in [0.05, 0.1) is 13.2 Å². The predicted molar refractivity (Wildman–Crippen MR) is 42.7 cm³/mol. The zero-order valence-corrected chi connectivity index (χ0v) is 7.99. The van der Waals surface area contributed by atoms with Crippen molar-refractivity contribution in [3.05, 3.63) is 0 Å². The topological polar surface area (TPSA) is 55.4 Å². The van der Waals surface area contributed by atoms with Crippen molar-refractivity contribution in [2.24, 2.45) is 0 Å². The zero-order chi connectivity index (χ0) is 9.78. The summed E-state index contributed by atoms with van der Waals surface area (Å²) in [4.78, 5) is 18.3. The maximum absolute atomic E-state index is 4.71. The van der Waals surface area contributed by atoms with E-state index in [1.165, 1.54) is 0 Å². The van der Waals surface area contributed by atoms with E-state index in [1.54, 1.807) is 14.2 Å². The number of hydrogen-bond donors (Lipinski definition) is 0. The molecule has 0 aliphatic heterocycles. The Morgan fingerprint density at radius 2 is 1.08 bits per heavy atom. The van der Waals surface area contributed by atoms with E-state index in [9.17, 15) is 0 Å². The Kier molecular flexibility index (Phi) is 11.5. The molecule has 0 saturated carbocycles. The standard InChI is InChI=1S/C7H16O6/c1-8-3-5-10-12-7-13-11-6-4-9-2/h3-7H2,1-2H3. The lowest BCUT2D eigenvalue weighted by Crippen LogP contribution is -2.08. The van der Waals surface area contributed by atoms with E-state index < -0.39 is 0 Å². The van der Waals surface area contributed by atoms with Crippen molar-refractivity contribution in [3.63, 3.8) is 0 Å². The van der Waals surface area contributed by atoms with Crippen LogP contribution in [0.1, 0.15) is 0 Å². The fourth-order valence-electron chi connectivity index (χ4n) is 0.440. The van der Waals surface area contributed by atoms with Crippen molar-refractivity contribution in [1.29, 1.82) is 0 Å². The summed E-state index contributed by atoms with van der Waals surface area (Å²) in [5.74, 6) is 0. The van der Waals surface area contributed by atoms with Gasteiger partial charge in [0.1, 0.15) is 13.2 Å². The first-order valence-electron chi connectivity index (χ1n) is 3.88. The highest BCUT2D eigenvalue weighted by molar-refractivity contribution is 4.17. The number of methoxy groups -OCH3 is 2. The summed E-state index contributed by atoms with van der Waals surface area (Å²) in [6.45, 7) is 1.60. The first kappa shape index (κ1) is 12.8. The third kappa shape index (κ3) is 11.8. The molecule has 80 valence electrons. The minimum Gasteiger partial charge on any atom is -0.382 e. The Morgan fingerprint density at radius 3 is 1.46 bits per heavy atom. The highest BCUT2D eigenvalue weighted by Gasteiger charge is 1.90. The summed E-state index contributed by atoms with van der Waals surface area (Å²) in [7, 11) is 3.15. The van der Waals surface area contributed by atoms with Gasteiger partial charge in [0.15, 0.2) is 0 Å². The van der Waals surface area contributed by atoms with E-state index >= 15 is 0 Å². The highest BCUT2D eigenvalue weighted by Crippen LogP contribution is 1.83. The molecule has 0 aliphatic rings. The Labute approximate surface area is 77.5 Å². The number of ether oxygens (including phenoxy) is 2. The summed E-state index contributed by atoms with van der Waals surface area (Å²) in [5.41, 5.74) is 0. The molecular formula is C7H16O6. The Bertz CT molecular complexity index is 79.1. The minimum absolute atomic E-state index is 0.0760. The summed E-state index contributed by atoms with van der Waals surface area (Å²) < 4.78 is 9.42. The van der Waals surface area contributed by atoms with Gasteiger partial charge < -0.3 is 9.47 Å². The van der Waals surface area contributed by atoms with Gasteiger partial charge in [-0.2, -0.15) is 0 Å². The molecule has 0 fully saturated rings. The molecule has 0 aliphatic carbocycles. The smallest absolute Gasteiger partial charge is 0.214 e. The Balaban J connectivity index is 2.76. The minimum atomic E-state index is -0.0760. The van der Waals surface area contributed by atoms with Crippen molar-refractivity contribution in [3.8, 4) is 0 Å². The maximum Gasteiger partial charge on any atom is 0.214 e. The summed E-state index contributed by atoms with van der Waals surface area (Å²) >= 11 is 0. The van der Waals surface area contributed by atoms with E-state index in [0.29, 0.717) is 26.4 Å². The summed E-state index contributed by atoms with van der Waals surface area (Å²) in [6, 6.07) is 0. The molecule has 0 bridgehead atoms. The van der Waals surface area contributed by atoms with Crippen molar-refractivity contribution in [2.75, 3.05) is 47.4 Å². The zero-order valence-electron chi connectivity index (χ0n) is 7.99. The summed E-state index contributed by atoms with van der Waals surface area (Å²) in [6.07, 6.45) is 0. The first-order chi connectivity index (χ1) is 6.41. The van der Waals surface area contributed by atoms with Gasteiger partial charge in [-0.1, -0.05) is 0 Å². The lowest BCUT2D eigenvalue weighted by Gasteiger charge is -2.04. The van der Waals surface area contributed by atoms with Crippen LogP contribution < -0.4 is 0 Å². The molecule has 0 aromatic carbocycles. The average Bonchev–Trinajstić information content (AvgIpc) is 2.16. The van der Waals surface area contributed by atoms with Crippen LogP contribution in [0.25, 0.3) is 0 Å². The van der Waals surface area contributed by atoms with Crippen LogP contribution in [0.5, 0.6) is 0 Å². The van der Waals surface area contributed by atoms with Gasteiger partial charge in [0.2, 0.25) is 6.79 Å². The van der Waals surface area contributed by atoms with Gasteiger partial charge >= 0.3 is 0 Å². The second-order valence-corrected chi connectivity index (χ2v) is 1.98. The van der Waals surface area contributed by atoms with Crippen LogP contribution in [0.2, 0.25) is 0 Å². The molecule has 6 heteroatoms. The molecule has 13 heavy (non-hydrogen) atoms.